The zero-order valence-electron chi connectivity index (χ0n) is 18.8. The number of amides is 1. The molecule has 0 N–H and O–H groups in total. The number of benzene rings is 1. The summed E-state index contributed by atoms with van der Waals surface area (Å²) in [6.07, 6.45) is 7.86. The van der Waals surface area contributed by atoms with Gasteiger partial charge in [-0.1, -0.05) is 31.4 Å². The molecule has 4 rings (SSSR count). The average Bonchev–Trinajstić information content (AvgIpc) is 2.79. The summed E-state index contributed by atoms with van der Waals surface area (Å²) >= 11 is 0. The maximum absolute atomic E-state index is 13.5. The predicted molar refractivity (Wildman–Crippen MR) is 122 cm³/mol. The molecule has 0 atom stereocenters. The molecule has 1 saturated carbocycles. The van der Waals surface area contributed by atoms with Gasteiger partial charge < -0.3 is 4.90 Å². The van der Waals surface area contributed by atoms with Gasteiger partial charge in [-0.25, -0.2) is 4.39 Å². The zero-order valence-corrected chi connectivity index (χ0v) is 18.8. The summed E-state index contributed by atoms with van der Waals surface area (Å²) in [5.74, 6) is 0.237. The van der Waals surface area contributed by atoms with Gasteiger partial charge in [0.2, 0.25) is 0 Å². The van der Waals surface area contributed by atoms with Crippen LogP contribution in [-0.4, -0.2) is 46.9 Å². The van der Waals surface area contributed by atoms with Crippen molar-refractivity contribution < 1.29 is 9.18 Å². The normalized spacial score (nSPS) is 18.8. The number of aromatic nitrogens is 1. The van der Waals surface area contributed by atoms with Crippen molar-refractivity contribution >= 4 is 5.91 Å². The number of pyridine rings is 1. The molecule has 31 heavy (non-hydrogen) atoms. The Kier molecular flexibility index (Phi) is 7.01. The molecular weight excluding hydrogens is 389 g/mol. The lowest BCUT2D eigenvalue weighted by molar-refractivity contribution is 0.0693. The summed E-state index contributed by atoms with van der Waals surface area (Å²) in [4.78, 5) is 22.6. The van der Waals surface area contributed by atoms with E-state index in [0.29, 0.717) is 12.0 Å². The lowest BCUT2D eigenvalue weighted by Gasteiger charge is -2.34. The van der Waals surface area contributed by atoms with E-state index in [9.17, 15) is 9.18 Å². The molecule has 2 heterocycles. The lowest BCUT2D eigenvalue weighted by atomic mass is 9.89. The van der Waals surface area contributed by atoms with Gasteiger partial charge in [0, 0.05) is 31.2 Å². The molecule has 1 aliphatic heterocycles. The van der Waals surface area contributed by atoms with E-state index in [1.807, 2.05) is 37.1 Å². The number of piperidine rings is 1. The van der Waals surface area contributed by atoms with E-state index in [1.165, 1.54) is 25.3 Å². The van der Waals surface area contributed by atoms with E-state index < -0.39 is 0 Å². The van der Waals surface area contributed by atoms with E-state index in [-0.39, 0.29) is 11.7 Å². The largest absolute Gasteiger partial charge is 0.339 e. The number of hydrogen-bond donors (Lipinski definition) is 0. The van der Waals surface area contributed by atoms with Crippen LogP contribution in [0.15, 0.2) is 36.4 Å². The number of halogens is 1. The van der Waals surface area contributed by atoms with Crippen LogP contribution in [0.1, 0.15) is 78.2 Å². The minimum absolute atomic E-state index is 0.122. The molecule has 2 fully saturated rings. The summed E-state index contributed by atoms with van der Waals surface area (Å²) in [6, 6.07) is 11.2. The SMILES string of the molecule is Cc1ccc(C(=O)N(C)C2CCCCC2)c(C2CCN(Cc3cccc(F)c3)CC2)n1. The summed E-state index contributed by atoms with van der Waals surface area (Å²) in [6.45, 7) is 4.63. The van der Waals surface area contributed by atoms with Gasteiger partial charge in [0.1, 0.15) is 5.82 Å². The first-order valence-electron chi connectivity index (χ1n) is 11.7. The van der Waals surface area contributed by atoms with Gasteiger partial charge in [-0.2, -0.15) is 0 Å². The van der Waals surface area contributed by atoms with Crippen LogP contribution in [0.3, 0.4) is 0 Å². The molecule has 0 radical (unpaired) electrons. The van der Waals surface area contributed by atoms with E-state index in [0.717, 1.165) is 67.8 Å². The van der Waals surface area contributed by atoms with Gasteiger partial charge in [-0.15, -0.1) is 0 Å². The van der Waals surface area contributed by atoms with Crippen molar-refractivity contribution in [3.05, 3.63) is 64.7 Å². The highest BCUT2D eigenvalue weighted by atomic mass is 19.1. The van der Waals surface area contributed by atoms with E-state index in [4.69, 9.17) is 4.98 Å². The fourth-order valence-electron chi connectivity index (χ4n) is 5.15. The molecule has 2 aliphatic rings. The van der Waals surface area contributed by atoms with Gasteiger partial charge in [-0.05, 0) is 75.5 Å². The molecule has 4 nitrogen and oxygen atoms in total. The Morgan fingerprint density at radius 3 is 2.55 bits per heavy atom. The second-order valence-electron chi connectivity index (χ2n) is 9.27. The van der Waals surface area contributed by atoms with E-state index in [2.05, 4.69) is 4.90 Å². The predicted octanol–water partition coefficient (Wildman–Crippen LogP) is 5.31. The van der Waals surface area contributed by atoms with Crippen molar-refractivity contribution in [2.24, 2.45) is 0 Å². The van der Waals surface area contributed by atoms with Crippen molar-refractivity contribution in [2.45, 2.75) is 70.4 Å². The Bertz CT molecular complexity index is 901. The Balaban J connectivity index is 1.44. The first-order chi connectivity index (χ1) is 15.0. The van der Waals surface area contributed by atoms with Crippen LogP contribution in [0.4, 0.5) is 4.39 Å². The molecular formula is C26H34FN3O. The van der Waals surface area contributed by atoms with Gasteiger partial charge in [-0.3, -0.25) is 14.7 Å². The lowest BCUT2D eigenvalue weighted by Crippen LogP contribution is -2.39. The maximum atomic E-state index is 13.5. The minimum atomic E-state index is -0.179. The number of carbonyl (C=O) groups is 1. The Morgan fingerprint density at radius 2 is 1.84 bits per heavy atom. The summed E-state index contributed by atoms with van der Waals surface area (Å²) < 4.78 is 13.5. The van der Waals surface area contributed by atoms with Crippen LogP contribution >= 0.6 is 0 Å². The van der Waals surface area contributed by atoms with Crippen LogP contribution < -0.4 is 0 Å². The van der Waals surface area contributed by atoms with Crippen LogP contribution in [0.25, 0.3) is 0 Å². The fourth-order valence-corrected chi connectivity index (χ4v) is 5.15. The quantitative estimate of drug-likeness (QED) is 0.654. The van der Waals surface area contributed by atoms with Crippen molar-refractivity contribution in [3.63, 3.8) is 0 Å². The van der Waals surface area contributed by atoms with Crippen LogP contribution in [0.5, 0.6) is 0 Å². The third-order valence-corrected chi connectivity index (χ3v) is 7.01. The monoisotopic (exact) mass is 423 g/mol. The number of rotatable bonds is 5. The third kappa shape index (κ3) is 5.32. The molecule has 1 aromatic carbocycles. The van der Waals surface area contributed by atoms with Crippen molar-refractivity contribution in [1.82, 2.24) is 14.8 Å². The summed E-state index contributed by atoms with van der Waals surface area (Å²) in [7, 11) is 1.96. The average molecular weight is 424 g/mol. The Morgan fingerprint density at radius 1 is 1.10 bits per heavy atom. The van der Waals surface area contributed by atoms with Gasteiger partial charge in [0.25, 0.3) is 5.91 Å². The fraction of sp³-hybridized carbons (Fsp3) is 0.538. The molecule has 166 valence electrons. The number of hydrogen-bond acceptors (Lipinski definition) is 3. The summed E-state index contributed by atoms with van der Waals surface area (Å²) in [5, 5.41) is 0. The Labute approximate surface area is 185 Å². The maximum Gasteiger partial charge on any atom is 0.255 e. The van der Waals surface area contributed by atoms with Crippen LogP contribution in [-0.2, 0) is 6.54 Å². The van der Waals surface area contributed by atoms with E-state index in [1.54, 1.807) is 12.1 Å². The summed E-state index contributed by atoms with van der Waals surface area (Å²) in [5.41, 5.74) is 3.73. The highest BCUT2D eigenvalue weighted by molar-refractivity contribution is 5.95. The molecule has 0 bridgehead atoms. The molecule has 2 aromatic rings. The van der Waals surface area contributed by atoms with E-state index >= 15 is 0 Å². The smallest absolute Gasteiger partial charge is 0.255 e. The van der Waals surface area contributed by atoms with Crippen molar-refractivity contribution in [2.75, 3.05) is 20.1 Å². The number of likely N-dealkylation sites (tertiary alicyclic amines) is 1. The third-order valence-electron chi connectivity index (χ3n) is 7.01. The topological polar surface area (TPSA) is 36.4 Å². The Hall–Kier alpha value is -2.27. The van der Waals surface area contributed by atoms with Gasteiger partial charge >= 0.3 is 0 Å². The molecule has 0 unspecified atom stereocenters. The van der Waals surface area contributed by atoms with Gasteiger partial charge in [0.05, 0.1) is 11.3 Å². The zero-order chi connectivity index (χ0) is 21.8. The second kappa shape index (κ2) is 9.90. The van der Waals surface area contributed by atoms with Gasteiger partial charge in [0.15, 0.2) is 0 Å². The second-order valence-corrected chi connectivity index (χ2v) is 9.27. The number of carbonyl (C=O) groups excluding carboxylic acids is 1. The van der Waals surface area contributed by atoms with Crippen molar-refractivity contribution in [1.29, 1.82) is 0 Å². The molecule has 5 heteroatoms. The van der Waals surface area contributed by atoms with Crippen LogP contribution in [0, 0.1) is 12.7 Å². The molecule has 1 amide bonds. The van der Waals surface area contributed by atoms with Crippen LogP contribution in [0.2, 0.25) is 0 Å². The first kappa shape index (κ1) is 21.9. The highest BCUT2D eigenvalue weighted by Crippen LogP contribution is 2.31. The highest BCUT2D eigenvalue weighted by Gasteiger charge is 2.29. The van der Waals surface area contributed by atoms with Crippen molar-refractivity contribution in [3.8, 4) is 0 Å². The number of aryl methyl sites for hydroxylation is 1. The molecule has 1 aromatic heterocycles. The number of nitrogens with zero attached hydrogens (tertiary/aromatic N) is 3. The molecule has 1 aliphatic carbocycles. The minimum Gasteiger partial charge on any atom is -0.339 e. The molecule has 1 saturated heterocycles. The first-order valence-corrected chi connectivity index (χ1v) is 11.7. The standard InChI is InChI=1S/C26H34FN3O/c1-19-11-12-24(26(31)29(2)23-9-4-3-5-10-23)25(28-19)21-13-15-30(16-14-21)18-20-7-6-8-22(27)17-20/h6-8,11-12,17,21,23H,3-5,9-10,13-16,18H2,1-2H3. The molecule has 0 spiro atoms.